The molecule has 2 aliphatic rings. The summed E-state index contributed by atoms with van der Waals surface area (Å²) in [5, 5.41) is 0.448. The van der Waals surface area contributed by atoms with Gasteiger partial charge < -0.3 is 14.5 Å². The second kappa shape index (κ2) is 8.20. The molecule has 0 aromatic heterocycles. The zero-order chi connectivity index (χ0) is 19.6. The molecule has 0 bridgehead atoms. The first kappa shape index (κ1) is 20.2. The lowest BCUT2D eigenvalue weighted by atomic mass is 10.2. The topological polar surface area (TPSA) is 79.3 Å². The third-order valence-corrected chi connectivity index (χ3v) is 8.02. The molecule has 9 heteroatoms. The highest BCUT2D eigenvalue weighted by Gasteiger charge is 2.49. The van der Waals surface area contributed by atoms with Gasteiger partial charge in [-0.1, -0.05) is 11.8 Å². The van der Waals surface area contributed by atoms with Crippen molar-refractivity contribution in [1.29, 1.82) is 0 Å². The van der Waals surface area contributed by atoms with Crippen molar-refractivity contribution in [2.45, 2.75) is 25.1 Å². The SMILES string of the molecule is CCN(CC)c1ccc(N2C(=NC(=O)COC)S[C@H]3CS(=O)(=O)C[C@@H]32)cc1. The number of fused-ring (bicyclic) bond motifs is 1. The highest BCUT2D eigenvalue weighted by Crippen LogP contribution is 2.41. The van der Waals surface area contributed by atoms with Gasteiger partial charge in [-0.15, -0.1) is 0 Å². The number of anilines is 2. The lowest BCUT2D eigenvalue weighted by Crippen LogP contribution is -2.37. The maximum Gasteiger partial charge on any atom is 0.274 e. The van der Waals surface area contributed by atoms with Crippen LogP contribution in [-0.4, -0.2) is 69.1 Å². The van der Waals surface area contributed by atoms with Gasteiger partial charge in [-0.3, -0.25) is 4.79 Å². The molecule has 0 saturated carbocycles. The van der Waals surface area contributed by atoms with E-state index < -0.39 is 9.84 Å². The molecule has 3 rings (SSSR count). The first-order chi connectivity index (χ1) is 12.9. The number of carbonyl (C=O) groups excluding carboxylic acids is 1. The quantitative estimate of drug-likeness (QED) is 0.706. The minimum absolute atomic E-state index is 0.0833. The number of carbonyl (C=O) groups is 1. The van der Waals surface area contributed by atoms with E-state index in [1.807, 2.05) is 29.2 Å². The number of nitrogens with zero attached hydrogens (tertiary/aromatic N) is 3. The standard InChI is InChI=1S/C18H25N3O4S2/c1-4-20(5-2)13-6-8-14(9-7-13)21-15-11-27(23,24)12-16(15)26-18(21)19-17(22)10-25-3/h6-9,15-16H,4-5,10-12H2,1-3H3/t15-,16-/m0/s1. The van der Waals surface area contributed by atoms with Gasteiger partial charge in [0.15, 0.2) is 15.0 Å². The summed E-state index contributed by atoms with van der Waals surface area (Å²) in [5.41, 5.74) is 1.96. The summed E-state index contributed by atoms with van der Waals surface area (Å²) in [6.45, 7) is 5.95. The molecule has 0 radical (unpaired) electrons. The summed E-state index contributed by atoms with van der Waals surface area (Å²) in [5.74, 6) is -0.166. The Morgan fingerprint density at radius 2 is 1.93 bits per heavy atom. The highest BCUT2D eigenvalue weighted by atomic mass is 32.2. The monoisotopic (exact) mass is 411 g/mol. The summed E-state index contributed by atoms with van der Waals surface area (Å²) in [6, 6.07) is 7.79. The Hall–Kier alpha value is -1.58. The van der Waals surface area contributed by atoms with Crippen molar-refractivity contribution in [3.8, 4) is 0 Å². The Morgan fingerprint density at radius 1 is 1.26 bits per heavy atom. The first-order valence-corrected chi connectivity index (χ1v) is 11.7. The van der Waals surface area contributed by atoms with Gasteiger partial charge in [0.1, 0.15) is 6.61 Å². The average Bonchev–Trinajstić information content (AvgIpc) is 3.07. The fourth-order valence-corrected chi connectivity index (χ4v) is 7.47. The number of amidine groups is 1. The van der Waals surface area contributed by atoms with Gasteiger partial charge in [0.25, 0.3) is 5.91 Å². The number of methoxy groups -OCH3 is 1. The number of thioether (sulfide) groups is 1. The van der Waals surface area contributed by atoms with Crippen LogP contribution >= 0.6 is 11.8 Å². The van der Waals surface area contributed by atoms with Crippen LogP contribution in [0.1, 0.15) is 13.8 Å². The molecule has 2 atom stereocenters. The van der Waals surface area contributed by atoms with Crippen LogP contribution in [0.5, 0.6) is 0 Å². The Morgan fingerprint density at radius 3 is 2.52 bits per heavy atom. The van der Waals surface area contributed by atoms with Crippen molar-refractivity contribution in [3.05, 3.63) is 24.3 Å². The summed E-state index contributed by atoms with van der Waals surface area (Å²) in [6.07, 6.45) is 0. The molecular formula is C18H25N3O4S2. The number of rotatable bonds is 6. The summed E-state index contributed by atoms with van der Waals surface area (Å²) in [4.78, 5) is 20.3. The van der Waals surface area contributed by atoms with Crippen LogP contribution in [0, 0.1) is 0 Å². The number of hydrogen-bond donors (Lipinski definition) is 0. The number of hydrogen-bond acceptors (Lipinski definition) is 6. The van der Waals surface area contributed by atoms with Gasteiger partial charge in [-0.05, 0) is 38.1 Å². The fourth-order valence-electron chi connectivity index (χ4n) is 3.54. The van der Waals surface area contributed by atoms with E-state index in [-0.39, 0.29) is 35.3 Å². The Labute approximate surface area is 164 Å². The minimum atomic E-state index is -3.07. The second-order valence-electron chi connectivity index (χ2n) is 6.58. The fraction of sp³-hybridized carbons (Fsp3) is 0.556. The van der Waals surface area contributed by atoms with E-state index in [2.05, 4.69) is 23.7 Å². The van der Waals surface area contributed by atoms with Crippen molar-refractivity contribution in [3.63, 3.8) is 0 Å². The number of ether oxygens (including phenoxy) is 1. The van der Waals surface area contributed by atoms with Gasteiger partial charge in [0.2, 0.25) is 0 Å². The van der Waals surface area contributed by atoms with E-state index >= 15 is 0 Å². The van der Waals surface area contributed by atoms with Gasteiger partial charge >= 0.3 is 0 Å². The highest BCUT2D eigenvalue weighted by molar-refractivity contribution is 8.16. The van der Waals surface area contributed by atoms with Gasteiger partial charge in [-0.2, -0.15) is 4.99 Å². The molecule has 0 aliphatic carbocycles. The maximum absolute atomic E-state index is 12.1. The van der Waals surface area contributed by atoms with Crippen LogP contribution in [0.25, 0.3) is 0 Å². The molecule has 1 aromatic rings. The van der Waals surface area contributed by atoms with Crippen LogP contribution in [0.4, 0.5) is 11.4 Å². The lowest BCUT2D eigenvalue weighted by Gasteiger charge is -2.26. The van der Waals surface area contributed by atoms with Crippen molar-refractivity contribution in [1.82, 2.24) is 0 Å². The Bertz CT molecular complexity index is 820. The van der Waals surface area contributed by atoms with Gasteiger partial charge in [0, 0.05) is 36.8 Å². The zero-order valence-electron chi connectivity index (χ0n) is 15.8. The maximum atomic E-state index is 12.1. The minimum Gasteiger partial charge on any atom is -0.375 e. The third kappa shape index (κ3) is 4.30. The summed E-state index contributed by atoms with van der Waals surface area (Å²) < 4.78 is 29.1. The largest absolute Gasteiger partial charge is 0.375 e. The van der Waals surface area contributed by atoms with E-state index in [4.69, 9.17) is 4.74 Å². The van der Waals surface area contributed by atoms with E-state index in [0.717, 1.165) is 24.5 Å². The molecule has 148 valence electrons. The molecule has 0 unspecified atom stereocenters. The molecule has 0 N–H and O–H groups in total. The predicted molar refractivity (Wildman–Crippen MR) is 111 cm³/mol. The smallest absolute Gasteiger partial charge is 0.274 e. The van der Waals surface area contributed by atoms with Crippen LogP contribution in [-0.2, 0) is 19.4 Å². The van der Waals surface area contributed by atoms with Crippen molar-refractivity contribution in [2.75, 3.05) is 48.1 Å². The summed E-state index contributed by atoms with van der Waals surface area (Å²) in [7, 11) is -1.62. The molecule has 1 aromatic carbocycles. The molecule has 1 amide bonds. The molecule has 2 saturated heterocycles. The molecule has 2 heterocycles. The number of sulfone groups is 1. The first-order valence-electron chi connectivity index (χ1n) is 9.00. The predicted octanol–water partition coefficient (Wildman–Crippen LogP) is 1.78. The van der Waals surface area contributed by atoms with Crippen LogP contribution in [0.2, 0.25) is 0 Å². The molecular weight excluding hydrogens is 386 g/mol. The third-order valence-electron chi connectivity index (χ3n) is 4.81. The second-order valence-corrected chi connectivity index (χ2v) is 9.94. The number of amides is 1. The van der Waals surface area contributed by atoms with Crippen molar-refractivity contribution in [2.24, 2.45) is 4.99 Å². The Kier molecular flexibility index (Phi) is 6.12. The van der Waals surface area contributed by atoms with Crippen molar-refractivity contribution >= 4 is 44.0 Å². The van der Waals surface area contributed by atoms with Crippen LogP contribution in [0.3, 0.4) is 0 Å². The molecule has 0 spiro atoms. The summed E-state index contributed by atoms with van der Waals surface area (Å²) >= 11 is 1.37. The average molecular weight is 412 g/mol. The zero-order valence-corrected chi connectivity index (χ0v) is 17.4. The molecule has 7 nitrogen and oxygen atoms in total. The molecule has 27 heavy (non-hydrogen) atoms. The van der Waals surface area contributed by atoms with Gasteiger partial charge in [-0.25, -0.2) is 8.42 Å². The van der Waals surface area contributed by atoms with Gasteiger partial charge in [0.05, 0.1) is 17.5 Å². The number of aliphatic imine (C=N–C) groups is 1. The lowest BCUT2D eigenvalue weighted by molar-refractivity contribution is -0.121. The Balaban J connectivity index is 1.93. The van der Waals surface area contributed by atoms with Crippen LogP contribution < -0.4 is 9.80 Å². The van der Waals surface area contributed by atoms with E-state index in [9.17, 15) is 13.2 Å². The van der Waals surface area contributed by atoms with E-state index in [1.54, 1.807) is 0 Å². The van der Waals surface area contributed by atoms with Crippen LogP contribution in [0.15, 0.2) is 29.3 Å². The number of benzene rings is 1. The van der Waals surface area contributed by atoms with E-state index in [1.165, 1.54) is 18.9 Å². The van der Waals surface area contributed by atoms with E-state index in [0.29, 0.717) is 5.17 Å². The van der Waals surface area contributed by atoms with Crippen molar-refractivity contribution < 1.29 is 17.9 Å². The normalized spacial score (nSPS) is 25.0. The molecule has 2 aliphatic heterocycles. The molecule has 2 fully saturated rings.